The summed E-state index contributed by atoms with van der Waals surface area (Å²) >= 11 is 0. The zero-order chi connectivity index (χ0) is 18.8. The number of hydrogen-bond donors (Lipinski definition) is 2. The van der Waals surface area contributed by atoms with Crippen LogP contribution in [0.2, 0.25) is 0 Å². The molecule has 0 amide bonds. The van der Waals surface area contributed by atoms with Crippen LogP contribution in [0.3, 0.4) is 0 Å². The van der Waals surface area contributed by atoms with Crippen molar-refractivity contribution in [2.75, 3.05) is 30.7 Å². The lowest BCUT2D eigenvalue weighted by Crippen LogP contribution is -2.68. The molecule has 3 aliphatic carbocycles. The van der Waals surface area contributed by atoms with Gasteiger partial charge in [-0.2, -0.15) is 0 Å². The van der Waals surface area contributed by atoms with Gasteiger partial charge in [0.1, 0.15) is 11.6 Å². The number of nitrogen functional groups attached to an aromatic ring is 1. The van der Waals surface area contributed by atoms with Crippen molar-refractivity contribution in [2.45, 2.75) is 32.4 Å². The van der Waals surface area contributed by atoms with Gasteiger partial charge in [-0.05, 0) is 42.2 Å². The predicted octanol–water partition coefficient (Wildman–Crippen LogP) is 3.11. The molecule has 1 aliphatic heterocycles. The molecule has 0 atom stereocenters. The van der Waals surface area contributed by atoms with Crippen LogP contribution in [-0.2, 0) is 13.1 Å². The summed E-state index contributed by atoms with van der Waals surface area (Å²) in [5.74, 6) is 1.83. The maximum absolute atomic E-state index is 6.03. The summed E-state index contributed by atoms with van der Waals surface area (Å²) in [6.45, 7) is 5.53. The number of nitrogens with two attached hydrogens (primary N) is 1. The fraction of sp³-hybridized carbons (Fsp3) is 0.455. The van der Waals surface area contributed by atoms with Crippen LogP contribution in [0, 0.1) is 10.8 Å². The molecular formula is C22H26N6. The van der Waals surface area contributed by atoms with E-state index in [1.54, 1.807) is 6.20 Å². The van der Waals surface area contributed by atoms with Crippen LogP contribution in [0.25, 0.3) is 10.8 Å². The molecule has 0 spiro atoms. The lowest BCUT2D eigenvalue weighted by atomic mass is 9.35. The molecule has 144 valence electrons. The Bertz CT molecular complexity index is 1030. The molecule has 0 radical (unpaired) electrons. The van der Waals surface area contributed by atoms with Gasteiger partial charge in [0.2, 0.25) is 0 Å². The zero-order valence-corrected chi connectivity index (χ0v) is 16.1. The van der Waals surface area contributed by atoms with E-state index in [0.29, 0.717) is 16.6 Å². The molecule has 6 nitrogen and oxygen atoms in total. The van der Waals surface area contributed by atoms with Crippen molar-refractivity contribution in [2.24, 2.45) is 10.8 Å². The average molecular weight is 374 g/mol. The summed E-state index contributed by atoms with van der Waals surface area (Å²) < 4.78 is 2.29. The minimum atomic E-state index is 0.495. The van der Waals surface area contributed by atoms with E-state index in [0.717, 1.165) is 31.6 Å². The van der Waals surface area contributed by atoms with Crippen molar-refractivity contribution in [1.82, 2.24) is 19.4 Å². The molecule has 1 aromatic carbocycles. The summed E-state index contributed by atoms with van der Waals surface area (Å²) in [6, 6.07) is 8.31. The van der Waals surface area contributed by atoms with Crippen molar-refractivity contribution in [1.29, 1.82) is 0 Å². The minimum Gasteiger partial charge on any atom is -0.384 e. The van der Waals surface area contributed by atoms with Crippen LogP contribution >= 0.6 is 0 Å². The second-order valence-corrected chi connectivity index (χ2v) is 9.23. The van der Waals surface area contributed by atoms with E-state index < -0.39 is 0 Å². The topological polar surface area (TPSA) is 72.0 Å². The first-order valence-electron chi connectivity index (χ1n) is 10.2. The largest absolute Gasteiger partial charge is 0.384 e. The van der Waals surface area contributed by atoms with E-state index in [9.17, 15) is 0 Å². The maximum Gasteiger partial charge on any atom is 0.131 e. The number of rotatable bonds is 5. The number of hydrogen-bond acceptors (Lipinski definition) is 5. The van der Waals surface area contributed by atoms with Crippen molar-refractivity contribution >= 4 is 22.3 Å². The van der Waals surface area contributed by atoms with Gasteiger partial charge in [0, 0.05) is 61.2 Å². The van der Waals surface area contributed by atoms with E-state index in [1.807, 2.05) is 12.3 Å². The number of benzene rings is 1. The molecule has 4 aliphatic rings. The summed E-state index contributed by atoms with van der Waals surface area (Å²) in [5.41, 5.74) is 8.26. The Hall–Kier alpha value is -2.60. The van der Waals surface area contributed by atoms with Crippen LogP contribution in [0.15, 0.2) is 42.9 Å². The third-order valence-corrected chi connectivity index (χ3v) is 7.12. The van der Waals surface area contributed by atoms with Crippen LogP contribution in [-0.4, -0.2) is 39.1 Å². The molecule has 7 rings (SSSR count). The standard InChI is InChI=1S/C22H26N6/c23-20-17-2-1-3-18(16(17)4-5-25-20)26-14-21-11-22(12-21,13-21)15-27-8-9-28-7-6-24-19(28)10-27/h1-7,26H,8-15H2,(H2,23,25). The van der Waals surface area contributed by atoms with Crippen molar-refractivity contribution in [3.05, 3.63) is 48.7 Å². The molecular weight excluding hydrogens is 348 g/mol. The third-order valence-electron chi connectivity index (χ3n) is 7.12. The Kier molecular flexibility index (Phi) is 3.33. The molecule has 3 saturated carbocycles. The Morgan fingerprint density at radius 3 is 2.79 bits per heavy atom. The van der Waals surface area contributed by atoms with E-state index >= 15 is 0 Å². The highest BCUT2D eigenvalue weighted by atomic mass is 15.2. The molecule has 3 fully saturated rings. The van der Waals surface area contributed by atoms with Gasteiger partial charge in [0.05, 0.1) is 6.54 Å². The number of nitrogens with zero attached hydrogens (tertiary/aromatic N) is 4. The highest BCUT2D eigenvalue weighted by Crippen LogP contribution is 2.73. The van der Waals surface area contributed by atoms with Crippen LogP contribution in [0.5, 0.6) is 0 Å². The highest BCUT2D eigenvalue weighted by Gasteiger charge is 2.67. The number of fused-ring (bicyclic) bond motifs is 2. The van der Waals surface area contributed by atoms with Gasteiger partial charge in [-0.1, -0.05) is 12.1 Å². The molecule has 2 bridgehead atoms. The van der Waals surface area contributed by atoms with Gasteiger partial charge >= 0.3 is 0 Å². The Labute approximate surface area is 164 Å². The molecule has 3 aromatic rings. The summed E-state index contributed by atoms with van der Waals surface area (Å²) in [6.07, 6.45) is 9.89. The van der Waals surface area contributed by atoms with Crippen LogP contribution in [0.1, 0.15) is 25.1 Å². The molecule has 3 N–H and O–H groups in total. The SMILES string of the molecule is Nc1nccc2c(NCC34CC(CN5CCn6ccnc6C5)(C3)C4)cccc12. The van der Waals surface area contributed by atoms with E-state index in [4.69, 9.17) is 5.73 Å². The van der Waals surface area contributed by atoms with Gasteiger partial charge in [0.25, 0.3) is 0 Å². The summed E-state index contributed by atoms with van der Waals surface area (Å²) in [5, 5.41) is 5.91. The van der Waals surface area contributed by atoms with Crippen LogP contribution in [0.4, 0.5) is 11.5 Å². The van der Waals surface area contributed by atoms with Gasteiger partial charge in [-0.25, -0.2) is 9.97 Å². The lowest BCUT2D eigenvalue weighted by Gasteiger charge is -2.72. The van der Waals surface area contributed by atoms with Gasteiger partial charge < -0.3 is 15.6 Å². The number of nitrogens with one attached hydrogen (secondary N) is 1. The Morgan fingerprint density at radius 2 is 1.89 bits per heavy atom. The van der Waals surface area contributed by atoms with E-state index in [1.165, 1.54) is 42.7 Å². The number of anilines is 2. The Morgan fingerprint density at radius 1 is 1.00 bits per heavy atom. The smallest absolute Gasteiger partial charge is 0.131 e. The lowest BCUT2D eigenvalue weighted by molar-refractivity contribution is -0.205. The second kappa shape index (κ2) is 5.70. The Balaban J connectivity index is 1.08. The number of aromatic nitrogens is 3. The first-order chi connectivity index (χ1) is 13.6. The zero-order valence-electron chi connectivity index (χ0n) is 16.1. The summed E-state index contributed by atoms with van der Waals surface area (Å²) in [7, 11) is 0. The molecule has 2 aromatic heterocycles. The van der Waals surface area contributed by atoms with Gasteiger partial charge in [-0.3, -0.25) is 4.90 Å². The van der Waals surface area contributed by atoms with Gasteiger partial charge in [0.15, 0.2) is 0 Å². The third kappa shape index (κ3) is 2.44. The number of pyridine rings is 1. The first kappa shape index (κ1) is 16.4. The second-order valence-electron chi connectivity index (χ2n) is 9.23. The quantitative estimate of drug-likeness (QED) is 0.718. The fourth-order valence-corrected chi connectivity index (χ4v) is 6.09. The van der Waals surface area contributed by atoms with E-state index in [2.05, 4.69) is 49.1 Å². The number of imidazole rings is 1. The predicted molar refractivity (Wildman–Crippen MR) is 111 cm³/mol. The van der Waals surface area contributed by atoms with Crippen molar-refractivity contribution in [3.8, 4) is 0 Å². The molecule has 3 heterocycles. The monoisotopic (exact) mass is 374 g/mol. The van der Waals surface area contributed by atoms with Crippen molar-refractivity contribution in [3.63, 3.8) is 0 Å². The molecule has 0 unspecified atom stereocenters. The molecule has 28 heavy (non-hydrogen) atoms. The van der Waals surface area contributed by atoms with Crippen LogP contribution < -0.4 is 11.1 Å². The maximum atomic E-state index is 6.03. The summed E-state index contributed by atoms with van der Waals surface area (Å²) in [4.78, 5) is 11.3. The highest BCUT2D eigenvalue weighted by molar-refractivity contribution is 5.99. The normalized spacial score (nSPS) is 28.4. The minimum absolute atomic E-state index is 0.495. The van der Waals surface area contributed by atoms with Crippen molar-refractivity contribution < 1.29 is 0 Å². The van der Waals surface area contributed by atoms with E-state index in [-0.39, 0.29) is 0 Å². The van der Waals surface area contributed by atoms with Gasteiger partial charge in [-0.15, -0.1) is 0 Å². The first-order valence-corrected chi connectivity index (χ1v) is 10.2. The molecule has 0 saturated heterocycles. The fourth-order valence-electron chi connectivity index (χ4n) is 6.09. The molecule has 6 heteroatoms. The average Bonchev–Trinajstić information content (AvgIpc) is 3.11.